The average molecular weight is 307 g/mol. The number of benzene rings is 2. The zero-order chi connectivity index (χ0) is 18.5. The second kappa shape index (κ2) is 5.23. The number of aromatic amines is 1. The van der Waals surface area contributed by atoms with Crippen molar-refractivity contribution in [3.8, 4) is 11.4 Å². The van der Waals surface area contributed by atoms with Gasteiger partial charge in [0.25, 0.3) is 0 Å². The first kappa shape index (κ1) is 11.0. The van der Waals surface area contributed by atoms with E-state index in [4.69, 9.17) is 4.11 Å². The van der Waals surface area contributed by atoms with E-state index in [1.807, 2.05) is 37.3 Å². The van der Waals surface area contributed by atoms with E-state index < -0.39 is 6.98 Å². The number of nitrogens with one attached hydrogen (secondary N) is 1. The van der Waals surface area contributed by atoms with Crippen LogP contribution in [0.15, 0.2) is 36.4 Å². The van der Waals surface area contributed by atoms with E-state index in [1.165, 1.54) is 4.57 Å². The molecule has 0 aliphatic carbocycles. The van der Waals surface area contributed by atoms with Crippen LogP contribution < -0.4 is 0 Å². The molecule has 0 unspecified atom stereocenters. The van der Waals surface area contributed by atoms with Gasteiger partial charge in [-0.05, 0) is 43.2 Å². The van der Waals surface area contributed by atoms with Crippen molar-refractivity contribution in [3.05, 3.63) is 47.8 Å². The Morgan fingerprint density at radius 2 is 2.09 bits per heavy atom. The Morgan fingerprint density at radius 3 is 2.91 bits per heavy atom. The van der Waals surface area contributed by atoms with Crippen LogP contribution in [0, 0.1) is 6.92 Å². The van der Waals surface area contributed by atoms with Crippen LogP contribution in [0.1, 0.15) is 28.8 Å². The standard InChI is InChI=1S/C19H20N4/c1-4-7-17-20-15-11-13(10-12(2)18(15)22-17)19-21-14-8-5-6-9-16(14)23(19)3/h5-6,8-11H,4,7H2,1-3H3,(H,20,22)/i3D3. The lowest BCUT2D eigenvalue weighted by atomic mass is 10.1. The molecule has 116 valence electrons. The molecule has 0 fully saturated rings. The predicted octanol–water partition coefficient (Wildman–Crippen LogP) is 4.38. The van der Waals surface area contributed by atoms with E-state index in [2.05, 4.69) is 21.9 Å². The largest absolute Gasteiger partial charge is 0.342 e. The van der Waals surface area contributed by atoms with E-state index in [0.717, 1.165) is 40.8 Å². The number of H-pyrrole nitrogens is 1. The lowest BCUT2D eigenvalue weighted by Crippen LogP contribution is -1.93. The van der Waals surface area contributed by atoms with Crippen molar-refractivity contribution in [2.24, 2.45) is 6.98 Å². The highest BCUT2D eigenvalue weighted by atomic mass is 15.1. The second-order valence-electron chi connectivity index (χ2n) is 5.88. The summed E-state index contributed by atoms with van der Waals surface area (Å²) < 4.78 is 25.3. The lowest BCUT2D eigenvalue weighted by Gasteiger charge is -2.04. The third-order valence-electron chi connectivity index (χ3n) is 4.13. The quantitative estimate of drug-likeness (QED) is 0.610. The lowest BCUT2D eigenvalue weighted by molar-refractivity contribution is 0.861. The zero-order valence-electron chi connectivity index (χ0n) is 16.2. The van der Waals surface area contributed by atoms with Gasteiger partial charge >= 0.3 is 0 Å². The highest BCUT2D eigenvalue weighted by Crippen LogP contribution is 2.28. The Balaban J connectivity index is 1.98. The van der Waals surface area contributed by atoms with Crippen LogP contribution in [0.25, 0.3) is 33.5 Å². The molecule has 23 heavy (non-hydrogen) atoms. The molecule has 4 rings (SSSR count). The molecule has 0 aliphatic rings. The van der Waals surface area contributed by atoms with Crippen molar-refractivity contribution in [2.45, 2.75) is 26.7 Å². The number of aryl methyl sites for hydroxylation is 3. The molecular formula is C19H20N4. The summed E-state index contributed by atoms with van der Waals surface area (Å²) in [4.78, 5) is 12.6. The van der Waals surface area contributed by atoms with E-state index in [-0.39, 0.29) is 0 Å². The van der Waals surface area contributed by atoms with Gasteiger partial charge in [-0.1, -0.05) is 19.1 Å². The third kappa shape index (κ3) is 2.22. The number of nitrogens with zero attached hydrogens (tertiary/aromatic N) is 3. The van der Waals surface area contributed by atoms with E-state index in [0.29, 0.717) is 16.9 Å². The Labute approximate surface area is 139 Å². The zero-order valence-corrected chi connectivity index (χ0v) is 13.2. The van der Waals surface area contributed by atoms with Gasteiger partial charge in [-0.2, -0.15) is 0 Å². The van der Waals surface area contributed by atoms with Gasteiger partial charge in [-0.25, -0.2) is 9.97 Å². The molecule has 0 amide bonds. The Hall–Kier alpha value is -2.62. The maximum absolute atomic E-state index is 7.97. The number of hydrogen-bond donors (Lipinski definition) is 1. The summed E-state index contributed by atoms with van der Waals surface area (Å²) in [5.74, 6) is 1.40. The Kier molecular flexibility index (Phi) is 2.50. The number of hydrogen-bond acceptors (Lipinski definition) is 2. The molecule has 0 atom stereocenters. The fraction of sp³-hybridized carbons (Fsp3) is 0.263. The van der Waals surface area contributed by atoms with Crippen molar-refractivity contribution in [2.75, 3.05) is 0 Å². The summed E-state index contributed by atoms with van der Waals surface area (Å²) >= 11 is 0. The van der Waals surface area contributed by atoms with Gasteiger partial charge in [-0.15, -0.1) is 0 Å². The van der Waals surface area contributed by atoms with Crippen LogP contribution in [-0.4, -0.2) is 19.5 Å². The van der Waals surface area contributed by atoms with Gasteiger partial charge in [-0.3, -0.25) is 0 Å². The molecule has 2 aromatic heterocycles. The maximum Gasteiger partial charge on any atom is 0.140 e. The van der Waals surface area contributed by atoms with Gasteiger partial charge in [0.1, 0.15) is 11.6 Å². The minimum absolute atomic E-state index is 0.447. The summed E-state index contributed by atoms with van der Waals surface area (Å²) in [7, 11) is 0. The van der Waals surface area contributed by atoms with Gasteiger partial charge in [0.2, 0.25) is 0 Å². The molecule has 0 radical (unpaired) electrons. The number of para-hydroxylation sites is 2. The van der Waals surface area contributed by atoms with Gasteiger partial charge in [0, 0.05) is 23.1 Å². The van der Waals surface area contributed by atoms with Crippen molar-refractivity contribution in [1.82, 2.24) is 19.5 Å². The molecule has 2 aromatic carbocycles. The summed E-state index contributed by atoms with van der Waals surface area (Å²) in [5, 5.41) is 0. The van der Waals surface area contributed by atoms with Crippen molar-refractivity contribution in [1.29, 1.82) is 0 Å². The van der Waals surface area contributed by atoms with Crippen molar-refractivity contribution < 1.29 is 4.11 Å². The summed E-state index contributed by atoms with van der Waals surface area (Å²) in [6, 6.07) is 11.2. The number of imidazole rings is 2. The predicted molar refractivity (Wildman–Crippen MR) is 94.5 cm³/mol. The molecule has 4 heteroatoms. The van der Waals surface area contributed by atoms with Gasteiger partial charge in [0.05, 0.1) is 22.1 Å². The maximum atomic E-state index is 7.97. The summed E-state index contributed by atoms with van der Waals surface area (Å²) in [6.07, 6.45) is 1.90. The molecule has 0 bridgehead atoms. The minimum atomic E-state index is -2.31. The fourth-order valence-electron chi connectivity index (χ4n) is 3.05. The van der Waals surface area contributed by atoms with Crippen LogP contribution >= 0.6 is 0 Å². The van der Waals surface area contributed by atoms with Gasteiger partial charge < -0.3 is 9.55 Å². The minimum Gasteiger partial charge on any atom is -0.342 e. The molecule has 4 nitrogen and oxygen atoms in total. The molecule has 2 heterocycles. The molecule has 1 N–H and O–H groups in total. The van der Waals surface area contributed by atoms with Crippen LogP contribution in [0.4, 0.5) is 0 Å². The average Bonchev–Trinajstić information content (AvgIpc) is 3.15. The van der Waals surface area contributed by atoms with Crippen LogP contribution in [0.3, 0.4) is 0 Å². The van der Waals surface area contributed by atoms with Crippen LogP contribution in [-0.2, 0) is 13.4 Å². The normalized spacial score (nSPS) is 14.1. The number of aromatic nitrogens is 4. The monoisotopic (exact) mass is 307 g/mol. The Bertz CT molecular complexity index is 1110. The van der Waals surface area contributed by atoms with Gasteiger partial charge in [0.15, 0.2) is 0 Å². The molecule has 0 aliphatic heterocycles. The second-order valence-corrected chi connectivity index (χ2v) is 5.88. The van der Waals surface area contributed by atoms with E-state index in [1.54, 1.807) is 6.07 Å². The van der Waals surface area contributed by atoms with Crippen LogP contribution in [0.2, 0.25) is 0 Å². The van der Waals surface area contributed by atoms with E-state index >= 15 is 0 Å². The van der Waals surface area contributed by atoms with E-state index in [9.17, 15) is 0 Å². The highest BCUT2D eigenvalue weighted by Gasteiger charge is 2.13. The van der Waals surface area contributed by atoms with Crippen molar-refractivity contribution in [3.63, 3.8) is 0 Å². The third-order valence-corrected chi connectivity index (χ3v) is 4.13. The molecule has 4 aromatic rings. The first-order valence-corrected chi connectivity index (χ1v) is 7.86. The fourth-order valence-corrected chi connectivity index (χ4v) is 3.05. The summed E-state index contributed by atoms with van der Waals surface area (Å²) in [6.45, 7) is 1.80. The number of rotatable bonds is 3. The number of fused-ring (bicyclic) bond motifs is 2. The molecule has 0 saturated heterocycles. The molecule has 0 spiro atoms. The van der Waals surface area contributed by atoms with Crippen molar-refractivity contribution >= 4 is 22.1 Å². The first-order valence-electron chi connectivity index (χ1n) is 9.36. The topological polar surface area (TPSA) is 46.5 Å². The highest BCUT2D eigenvalue weighted by molar-refractivity contribution is 5.86. The molecule has 0 saturated carbocycles. The molecular weight excluding hydrogens is 284 g/mol. The summed E-state index contributed by atoms with van der Waals surface area (Å²) in [5.41, 5.74) is 4.89. The SMILES string of the molecule is [2H]C([2H])([2H])n1c(-c2cc(C)c3nc(CCC)[nH]c3c2)nc2ccccc21. The first-order chi connectivity index (χ1) is 12.4. The Morgan fingerprint density at radius 1 is 1.22 bits per heavy atom. The van der Waals surface area contributed by atoms with Crippen LogP contribution in [0.5, 0.6) is 0 Å². The smallest absolute Gasteiger partial charge is 0.140 e.